The number of aromatic nitrogens is 1. The number of carboxylic acids is 1. The van der Waals surface area contributed by atoms with Crippen LogP contribution in [0.1, 0.15) is 61.0 Å². The van der Waals surface area contributed by atoms with Crippen molar-refractivity contribution in [3.63, 3.8) is 0 Å². The fourth-order valence-electron chi connectivity index (χ4n) is 5.32. The zero-order chi connectivity index (χ0) is 29.2. The molecule has 0 fully saturated rings. The average Bonchev–Trinajstić information content (AvgIpc) is 3.16. The van der Waals surface area contributed by atoms with Crippen LogP contribution < -0.4 is 10.6 Å². The van der Waals surface area contributed by atoms with Crippen molar-refractivity contribution in [3.8, 4) is 0 Å². The molecular formula is C30H48N4O4. The van der Waals surface area contributed by atoms with Crippen LogP contribution in [-0.2, 0) is 22.1 Å². The van der Waals surface area contributed by atoms with Gasteiger partial charge in [0.2, 0.25) is 5.91 Å². The van der Waals surface area contributed by atoms with Crippen molar-refractivity contribution in [1.29, 1.82) is 0 Å². The monoisotopic (exact) mass is 528 g/mol. The first kappa shape index (κ1) is 31.5. The molecule has 8 heteroatoms. The van der Waals surface area contributed by atoms with Crippen molar-refractivity contribution < 1.29 is 19.8 Å². The molecular weight excluding hydrogens is 480 g/mol. The molecule has 0 aliphatic carbocycles. The molecule has 0 aliphatic rings. The molecule has 1 amide bonds. The number of aliphatic hydroxyl groups is 1. The Morgan fingerprint density at radius 2 is 1.68 bits per heavy atom. The number of carboxylic acid groups (broad SMARTS) is 1. The highest BCUT2D eigenvalue weighted by molar-refractivity contribution is 5.87. The molecule has 0 saturated carbocycles. The van der Waals surface area contributed by atoms with Crippen LogP contribution in [-0.4, -0.2) is 70.0 Å². The number of hydrogen-bond acceptors (Lipinski definition) is 5. The first-order valence-electron chi connectivity index (χ1n) is 13.3. The molecule has 1 unspecified atom stereocenters. The Kier molecular flexibility index (Phi) is 9.97. The van der Waals surface area contributed by atoms with Gasteiger partial charge in [-0.25, -0.2) is 4.79 Å². The van der Waals surface area contributed by atoms with Gasteiger partial charge in [-0.3, -0.25) is 10.1 Å². The van der Waals surface area contributed by atoms with Crippen molar-refractivity contribution >= 4 is 22.8 Å². The molecule has 8 nitrogen and oxygen atoms in total. The maximum absolute atomic E-state index is 13.9. The maximum atomic E-state index is 13.9. The number of aryl methyl sites for hydroxylation is 1. The number of rotatable bonds is 11. The third-order valence-electron chi connectivity index (χ3n) is 7.68. The van der Waals surface area contributed by atoms with Crippen molar-refractivity contribution in [2.75, 3.05) is 14.1 Å². The summed E-state index contributed by atoms with van der Waals surface area (Å²) >= 11 is 0. The molecule has 4 atom stereocenters. The molecule has 0 radical (unpaired) electrons. The standard InChI is InChI=1S/C30H48N4O4/c1-18(2)23(16-19(3)28(37)38)34(11)27(36)25(29(4,5)6)32-26(35)24(31-9)30(7,8)21-17-33(10)22-15-13-12-14-20(21)22/h12-18,23-26,31-32,35H,1-11H3,(H,37,38)/b19-16+/t23-,24-,25-,26?/m1/s1. The number of nitrogens with zero attached hydrogens (tertiary/aromatic N) is 2. The average molecular weight is 529 g/mol. The van der Waals surface area contributed by atoms with Gasteiger partial charge in [0.25, 0.3) is 0 Å². The summed E-state index contributed by atoms with van der Waals surface area (Å²) in [5, 5.41) is 28.6. The number of likely N-dealkylation sites (N-methyl/N-ethyl adjacent to an activating group) is 2. The van der Waals surface area contributed by atoms with Crippen molar-refractivity contribution in [1.82, 2.24) is 20.1 Å². The number of hydrogen-bond donors (Lipinski definition) is 4. The first-order valence-corrected chi connectivity index (χ1v) is 13.3. The number of aliphatic hydroxyl groups excluding tert-OH is 1. The summed E-state index contributed by atoms with van der Waals surface area (Å²) in [6, 6.07) is 6.64. The van der Waals surface area contributed by atoms with Crippen LogP contribution in [0.4, 0.5) is 0 Å². The molecule has 38 heavy (non-hydrogen) atoms. The number of nitrogens with one attached hydrogen (secondary N) is 2. The van der Waals surface area contributed by atoms with Gasteiger partial charge >= 0.3 is 5.97 Å². The Labute approximate surface area is 228 Å². The minimum Gasteiger partial charge on any atom is -0.478 e. The second kappa shape index (κ2) is 12.0. The lowest BCUT2D eigenvalue weighted by Gasteiger charge is -2.42. The Balaban J connectivity index is 2.42. The van der Waals surface area contributed by atoms with Gasteiger partial charge in [-0.2, -0.15) is 0 Å². The zero-order valence-electron chi connectivity index (χ0n) is 25.0. The summed E-state index contributed by atoms with van der Waals surface area (Å²) in [5.74, 6) is -1.22. The van der Waals surface area contributed by atoms with E-state index in [1.54, 1.807) is 18.0 Å². The molecule has 212 valence electrons. The van der Waals surface area contributed by atoms with Crippen LogP contribution in [0.3, 0.4) is 0 Å². The van der Waals surface area contributed by atoms with Gasteiger partial charge in [-0.1, -0.05) is 72.7 Å². The largest absolute Gasteiger partial charge is 0.478 e. The number of fused-ring (bicyclic) bond motifs is 1. The molecule has 1 heterocycles. The van der Waals surface area contributed by atoms with Gasteiger partial charge < -0.3 is 25.0 Å². The summed E-state index contributed by atoms with van der Waals surface area (Å²) in [5.41, 5.74) is 1.38. The molecule has 0 spiro atoms. The quantitative estimate of drug-likeness (QED) is 0.261. The van der Waals surface area contributed by atoms with Crippen LogP contribution in [0.15, 0.2) is 42.1 Å². The third kappa shape index (κ3) is 6.65. The first-order chi connectivity index (χ1) is 17.4. The van der Waals surface area contributed by atoms with E-state index in [1.165, 1.54) is 6.92 Å². The predicted octanol–water partition coefficient (Wildman–Crippen LogP) is 3.88. The Hall–Kier alpha value is -2.68. The van der Waals surface area contributed by atoms with Gasteiger partial charge in [0.1, 0.15) is 6.23 Å². The second-order valence-corrected chi connectivity index (χ2v) is 12.4. The van der Waals surface area contributed by atoms with E-state index in [1.807, 2.05) is 60.8 Å². The van der Waals surface area contributed by atoms with Crippen LogP contribution >= 0.6 is 0 Å². The van der Waals surface area contributed by atoms with E-state index in [4.69, 9.17) is 0 Å². The number of para-hydroxylation sites is 1. The predicted molar refractivity (Wildman–Crippen MR) is 154 cm³/mol. The molecule has 1 aromatic heterocycles. The Morgan fingerprint density at radius 1 is 1.11 bits per heavy atom. The summed E-state index contributed by atoms with van der Waals surface area (Å²) in [6.07, 6.45) is 2.68. The molecule has 2 rings (SSSR count). The smallest absolute Gasteiger partial charge is 0.331 e. The molecule has 2 aromatic rings. The lowest BCUT2D eigenvalue weighted by molar-refractivity contribution is -0.139. The number of aliphatic carboxylic acids is 1. The summed E-state index contributed by atoms with van der Waals surface area (Å²) in [7, 11) is 5.53. The van der Waals surface area contributed by atoms with Crippen LogP contribution in [0, 0.1) is 11.3 Å². The number of carbonyl (C=O) groups is 2. The second-order valence-electron chi connectivity index (χ2n) is 12.4. The van der Waals surface area contributed by atoms with Gasteiger partial charge in [0.15, 0.2) is 0 Å². The molecule has 0 saturated heterocycles. The maximum Gasteiger partial charge on any atom is 0.331 e. The fourth-order valence-corrected chi connectivity index (χ4v) is 5.32. The summed E-state index contributed by atoms with van der Waals surface area (Å²) in [4.78, 5) is 26.9. The van der Waals surface area contributed by atoms with Crippen LogP contribution in [0.5, 0.6) is 0 Å². The van der Waals surface area contributed by atoms with E-state index in [9.17, 15) is 19.8 Å². The van der Waals surface area contributed by atoms with Crippen molar-refractivity contribution in [2.24, 2.45) is 18.4 Å². The lowest BCUT2D eigenvalue weighted by Crippen LogP contribution is -2.63. The van der Waals surface area contributed by atoms with Gasteiger partial charge in [-0.15, -0.1) is 0 Å². The highest BCUT2D eigenvalue weighted by Crippen LogP contribution is 2.35. The van der Waals surface area contributed by atoms with E-state index in [0.29, 0.717) is 0 Å². The molecule has 4 N–H and O–H groups in total. The third-order valence-corrected chi connectivity index (χ3v) is 7.68. The SMILES string of the molecule is CN[C@H](C(O)N[C@H](C(=O)N(C)[C@H](/C=C(\C)C(=O)O)C(C)C)C(C)(C)C)C(C)(C)c1cn(C)c2ccccc12. The van der Waals surface area contributed by atoms with Crippen molar-refractivity contribution in [3.05, 3.63) is 47.7 Å². The number of carbonyl (C=O) groups excluding carboxylic acids is 1. The number of amides is 1. The van der Waals surface area contributed by atoms with Crippen molar-refractivity contribution in [2.45, 2.75) is 85.2 Å². The van der Waals surface area contributed by atoms with E-state index in [0.717, 1.165) is 16.5 Å². The Bertz CT molecular complexity index is 1160. The van der Waals surface area contributed by atoms with E-state index in [2.05, 4.69) is 47.4 Å². The van der Waals surface area contributed by atoms with Crippen LogP contribution in [0.25, 0.3) is 10.9 Å². The molecule has 1 aromatic carbocycles. The minimum atomic E-state index is -1.05. The van der Waals surface area contributed by atoms with Crippen LogP contribution in [0.2, 0.25) is 0 Å². The molecule has 0 bridgehead atoms. The van der Waals surface area contributed by atoms with E-state index >= 15 is 0 Å². The summed E-state index contributed by atoms with van der Waals surface area (Å²) in [6.45, 7) is 15.5. The van der Waals surface area contributed by atoms with Gasteiger partial charge in [0.05, 0.1) is 18.1 Å². The topological polar surface area (TPSA) is 107 Å². The van der Waals surface area contributed by atoms with E-state index in [-0.39, 0.29) is 17.4 Å². The normalized spacial score (nSPS) is 16.4. The molecule has 0 aliphatic heterocycles. The number of benzene rings is 1. The lowest BCUT2D eigenvalue weighted by atomic mass is 9.76. The summed E-state index contributed by atoms with van der Waals surface area (Å²) < 4.78 is 2.09. The van der Waals surface area contributed by atoms with E-state index < -0.39 is 41.2 Å². The highest BCUT2D eigenvalue weighted by atomic mass is 16.4. The van der Waals surface area contributed by atoms with Gasteiger partial charge in [-0.05, 0) is 36.9 Å². The fraction of sp³-hybridized carbons (Fsp3) is 0.600. The van der Waals surface area contributed by atoms with Gasteiger partial charge in [0, 0.05) is 42.2 Å². The zero-order valence-corrected chi connectivity index (χ0v) is 25.0. The minimum absolute atomic E-state index is 0.000793. The highest BCUT2D eigenvalue weighted by Gasteiger charge is 2.42. The Morgan fingerprint density at radius 3 is 2.18 bits per heavy atom.